The lowest BCUT2D eigenvalue weighted by Crippen LogP contribution is -2.26. The molecule has 182 valence electrons. The van der Waals surface area contributed by atoms with Crippen LogP contribution in [0.15, 0.2) is 54.6 Å². The van der Waals surface area contributed by atoms with Gasteiger partial charge in [0.1, 0.15) is 5.82 Å². The van der Waals surface area contributed by atoms with Gasteiger partial charge in [0, 0.05) is 24.0 Å². The van der Waals surface area contributed by atoms with Crippen molar-refractivity contribution in [3.05, 3.63) is 66.0 Å². The summed E-state index contributed by atoms with van der Waals surface area (Å²) in [4.78, 5) is 12.5. The number of nitrogens with two attached hydrogens (primary N) is 1. The van der Waals surface area contributed by atoms with Crippen molar-refractivity contribution in [1.29, 1.82) is 0 Å². The van der Waals surface area contributed by atoms with Gasteiger partial charge in [-0.25, -0.2) is 4.39 Å². The first-order valence-electron chi connectivity index (χ1n) is 11.0. The highest BCUT2D eigenvalue weighted by Crippen LogP contribution is 2.37. The molecule has 0 radical (unpaired) electrons. The zero-order valence-corrected chi connectivity index (χ0v) is 19.8. The van der Waals surface area contributed by atoms with Crippen LogP contribution in [0.5, 0.6) is 0 Å². The molecule has 7 nitrogen and oxygen atoms in total. The largest absolute Gasteiger partial charge is 0.394 e. The number of aliphatic hydroxyl groups is 4. The molecule has 0 bridgehead atoms. The van der Waals surface area contributed by atoms with Crippen molar-refractivity contribution < 1.29 is 29.6 Å². The maximum absolute atomic E-state index is 13.7. The fourth-order valence-corrected chi connectivity index (χ4v) is 4.65. The smallest absolute Gasteiger partial charge is 0.251 e. The van der Waals surface area contributed by atoms with Crippen LogP contribution in [0.4, 0.5) is 4.39 Å². The van der Waals surface area contributed by atoms with Crippen LogP contribution in [0.3, 0.4) is 0 Å². The van der Waals surface area contributed by atoms with Gasteiger partial charge in [-0.2, -0.15) is 0 Å². The monoisotopic (exact) mass is 488 g/mol. The lowest BCUT2D eigenvalue weighted by Gasteiger charge is -2.19. The highest BCUT2D eigenvalue weighted by molar-refractivity contribution is 7.27. The van der Waals surface area contributed by atoms with E-state index in [-0.39, 0.29) is 31.6 Å². The van der Waals surface area contributed by atoms with Crippen LogP contribution >= 0.6 is 9.24 Å². The number of hydrogen-bond donors (Lipinski definition) is 5. The summed E-state index contributed by atoms with van der Waals surface area (Å²) in [6.45, 7) is -0.179. The second-order valence-electron chi connectivity index (χ2n) is 8.28. The van der Waals surface area contributed by atoms with Gasteiger partial charge in [0.2, 0.25) is 0 Å². The van der Waals surface area contributed by atoms with Crippen molar-refractivity contribution in [1.82, 2.24) is 4.57 Å². The van der Waals surface area contributed by atoms with Gasteiger partial charge in [0.15, 0.2) is 0 Å². The van der Waals surface area contributed by atoms with E-state index in [4.69, 9.17) is 10.8 Å². The Hall–Kier alpha value is -2.61. The van der Waals surface area contributed by atoms with E-state index in [0.717, 1.165) is 5.56 Å². The highest BCUT2D eigenvalue weighted by Gasteiger charge is 2.26. The Kier molecular flexibility index (Phi) is 8.94. The molecule has 1 aromatic heterocycles. The normalized spacial score (nSPS) is 14.1. The van der Waals surface area contributed by atoms with Crippen molar-refractivity contribution in [2.24, 2.45) is 5.73 Å². The summed E-state index contributed by atoms with van der Waals surface area (Å²) in [6.07, 6.45) is -2.72. The molecule has 3 aromatic rings. The minimum absolute atomic E-state index is 0.0185. The molecule has 4 atom stereocenters. The van der Waals surface area contributed by atoms with Crippen LogP contribution in [0, 0.1) is 5.82 Å². The topological polar surface area (TPSA) is 129 Å². The molecule has 9 heteroatoms. The number of primary amides is 1. The molecule has 6 N–H and O–H groups in total. The third kappa shape index (κ3) is 6.09. The maximum Gasteiger partial charge on any atom is 0.251 e. The number of amides is 1. The lowest BCUT2D eigenvalue weighted by atomic mass is 9.97. The summed E-state index contributed by atoms with van der Waals surface area (Å²) in [7, 11) is 2.54. The van der Waals surface area contributed by atoms with E-state index in [9.17, 15) is 24.5 Å². The minimum atomic E-state index is -1.05. The van der Waals surface area contributed by atoms with Crippen molar-refractivity contribution in [2.45, 2.75) is 44.1 Å². The Morgan fingerprint density at radius 3 is 2.15 bits per heavy atom. The molecule has 1 unspecified atom stereocenters. The van der Waals surface area contributed by atoms with Crippen LogP contribution in [0.1, 0.15) is 29.6 Å². The fraction of sp³-hybridized carbons (Fsp3) is 0.320. The summed E-state index contributed by atoms with van der Waals surface area (Å²) in [5.41, 5.74) is 9.34. The van der Waals surface area contributed by atoms with Gasteiger partial charge >= 0.3 is 0 Å². The SMILES string of the molecule is NC(=O)c1c(-c2ccccc2)c(-c2ccc(F)cc2)n(CC[C@@H](O)C[C@@H](O)C[C@H](O)CO)c1P. The minimum Gasteiger partial charge on any atom is -0.394 e. The van der Waals surface area contributed by atoms with Gasteiger partial charge in [0.05, 0.1) is 36.2 Å². The highest BCUT2D eigenvalue weighted by atomic mass is 31.0. The first-order valence-corrected chi connectivity index (χ1v) is 11.6. The standard InChI is InChI=1S/C25H30FN2O5P/c26-17-8-6-16(7-9-17)23-21(15-4-2-1-3-5-15)22(24(27)33)25(34)28(23)11-10-18(30)12-19(31)13-20(32)14-29/h1-9,18-20,29-32H,10-14,34H2,(H2,27,33)/t18-,19-,20+/m1/s1. The molecule has 0 aliphatic heterocycles. The summed E-state index contributed by atoms with van der Waals surface area (Å²) in [5, 5.41) is 39.0. The van der Waals surface area contributed by atoms with Crippen molar-refractivity contribution >= 4 is 20.6 Å². The van der Waals surface area contributed by atoms with Crippen LogP contribution < -0.4 is 11.2 Å². The Morgan fingerprint density at radius 2 is 1.56 bits per heavy atom. The lowest BCUT2D eigenvalue weighted by molar-refractivity contribution is 0.0162. The van der Waals surface area contributed by atoms with Crippen molar-refractivity contribution in [2.75, 3.05) is 6.61 Å². The van der Waals surface area contributed by atoms with E-state index < -0.39 is 30.8 Å². The summed E-state index contributed by atoms with van der Waals surface area (Å²) in [6, 6.07) is 15.2. The van der Waals surface area contributed by atoms with Crippen LogP contribution in [-0.4, -0.2) is 55.8 Å². The molecule has 3 rings (SSSR count). The van der Waals surface area contributed by atoms with Gasteiger partial charge in [-0.1, -0.05) is 39.6 Å². The van der Waals surface area contributed by atoms with Crippen LogP contribution in [0.25, 0.3) is 22.4 Å². The van der Waals surface area contributed by atoms with E-state index in [1.165, 1.54) is 12.1 Å². The van der Waals surface area contributed by atoms with E-state index in [0.29, 0.717) is 27.8 Å². The van der Waals surface area contributed by atoms with E-state index in [1.54, 1.807) is 12.1 Å². The molecule has 0 spiro atoms. The Balaban J connectivity index is 2.01. The average Bonchev–Trinajstić information content (AvgIpc) is 3.10. The molecular formula is C25H30FN2O5P. The number of carbonyl (C=O) groups excluding carboxylic acids is 1. The molecule has 0 aliphatic rings. The zero-order chi connectivity index (χ0) is 24.8. The number of nitrogens with zero attached hydrogens (tertiary/aromatic N) is 1. The zero-order valence-electron chi connectivity index (χ0n) is 18.6. The molecule has 34 heavy (non-hydrogen) atoms. The van der Waals surface area contributed by atoms with Crippen LogP contribution in [-0.2, 0) is 6.54 Å². The predicted octanol–water partition coefficient (Wildman–Crippen LogP) is 1.81. The second kappa shape index (κ2) is 11.7. The van der Waals surface area contributed by atoms with Gasteiger partial charge in [-0.05, 0) is 48.2 Å². The predicted molar refractivity (Wildman–Crippen MR) is 132 cm³/mol. The molecule has 1 amide bonds. The first-order chi connectivity index (χ1) is 16.2. The third-order valence-corrected chi connectivity index (χ3v) is 6.32. The summed E-state index contributed by atoms with van der Waals surface area (Å²) >= 11 is 0. The van der Waals surface area contributed by atoms with E-state index in [2.05, 4.69) is 9.24 Å². The number of aliphatic hydroxyl groups excluding tert-OH is 4. The number of carbonyl (C=O) groups is 1. The number of halogens is 1. The first kappa shape index (κ1) is 26.0. The third-order valence-electron chi connectivity index (χ3n) is 5.72. The van der Waals surface area contributed by atoms with Crippen LogP contribution in [0.2, 0.25) is 0 Å². The van der Waals surface area contributed by atoms with Crippen molar-refractivity contribution in [3.8, 4) is 22.4 Å². The van der Waals surface area contributed by atoms with E-state index in [1.807, 2.05) is 34.9 Å². The van der Waals surface area contributed by atoms with Gasteiger partial charge in [0.25, 0.3) is 5.91 Å². The molecular weight excluding hydrogens is 458 g/mol. The van der Waals surface area contributed by atoms with Gasteiger partial charge in [-0.15, -0.1) is 0 Å². The fourth-order valence-electron chi connectivity index (χ4n) is 4.11. The molecule has 1 heterocycles. The molecule has 2 aromatic carbocycles. The Labute approximate surface area is 199 Å². The van der Waals surface area contributed by atoms with Crippen molar-refractivity contribution in [3.63, 3.8) is 0 Å². The average molecular weight is 488 g/mol. The summed E-state index contributed by atoms with van der Waals surface area (Å²) < 4.78 is 15.5. The number of aromatic nitrogens is 1. The number of rotatable bonds is 11. The number of benzene rings is 2. The Bertz CT molecular complexity index is 1100. The molecule has 0 fully saturated rings. The van der Waals surface area contributed by atoms with E-state index >= 15 is 0 Å². The molecule has 0 aliphatic carbocycles. The Morgan fingerprint density at radius 1 is 0.941 bits per heavy atom. The quantitative estimate of drug-likeness (QED) is 0.263. The second-order valence-corrected chi connectivity index (χ2v) is 8.82. The molecule has 0 saturated carbocycles. The maximum atomic E-state index is 13.7. The number of hydrogen-bond acceptors (Lipinski definition) is 5. The van der Waals surface area contributed by atoms with Gasteiger partial charge in [-0.3, -0.25) is 4.79 Å². The van der Waals surface area contributed by atoms with Gasteiger partial charge < -0.3 is 30.7 Å². The molecule has 0 saturated heterocycles. The summed E-state index contributed by atoms with van der Waals surface area (Å²) in [5.74, 6) is -1.00.